The number of carbonyl (C=O) groups excluding carboxylic acids is 2. The van der Waals surface area contributed by atoms with Crippen LogP contribution in [0.15, 0.2) is 24.3 Å². The molecule has 0 aliphatic heterocycles. The lowest BCUT2D eigenvalue weighted by atomic mass is 10.1. The van der Waals surface area contributed by atoms with Crippen molar-refractivity contribution in [3.05, 3.63) is 35.6 Å². The summed E-state index contributed by atoms with van der Waals surface area (Å²) in [5.74, 6) is -0.647. The van der Waals surface area contributed by atoms with Crippen LogP contribution in [0.25, 0.3) is 0 Å². The summed E-state index contributed by atoms with van der Waals surface area (Å²) in [4.78, 5) is 23.1. The van der Waals surface area contributed by atoms with Crippen LogP contribution in [0.5, 0.6) is 0 Å². The molecule has 0 aromatic heterocycles. The fourth-order valence-corrected chi connectivity index (χ4v) is 1.60. The molecule has 0 saturated carbocycles. The van der Waals surface area contributed by atoms with E-state index >= 15 is 0 Å². The van der Waals surface area contributed by atoms with Gasteiger partial charge in [0, 0.05) is 24.9 Å². The first kappa shape index (κ1) is 16.1. The van der Waals surface area contributed by atoms with Crippen LogP contribution in [-0.4, -0.2) is 17.4 Å². The predicted octanol–water partition coefficient (Wildman–Crippen LogP) is 2.14. The number of amides is 2. The zero-order valence-electron chi connectivity index (χ0n) is 12.1. The van der Waals surface area contributed by atoms with Crippen molar-refractivity contribution in [2.75, 3.05) is 0 Å². The average molecular weight is 280 g/mol. The molecule has 0 saturated heterocycles. The summed E-state index contributed by atoms with van der Waals surface area (Å²) in [6.07, 6.45) is 0.301. The highest BCUT2D eigenvalue weighted by Gasteiger charge is 2.14. The number of hydrogen-bond acceptors (Lipinski definition) is 2. The Kier molecular flexibility index (Phi) is 5.67. The summed E-state index contributed by atoms with van der Waals surface area (Å²) >= 11 is 0. The van der Waals surface area contributed by atoms with Gasteiger partial charge in [0.15, 0.2) is 0 Å². The maximum atomic E-state index is 12.7. The van der Waals surface area contributed by atoms with Crippen molar-refractivity contribution < 1.29 is 14.0 Å². The van der Waals surface area contributed by atoms with Crippen LogP contribution in [0, 0.1) is 5.82 Å². The molecule has 0 aliphatic rings. The third kappa shape index (κ3) is 6.87. The highest BCUT2D eigenvalue weighted by molar-refractivity contribution is 5.83. The maximum absolute atomic E-state index is 12.7. The van der Waals surface area contributed by atoms with E-state index < -0.39 is 0 Å². The van der Waals surface area contributed by atoms with Gasteiger partial charge >= 0.3 is 0 Å². The number of nitrogens with one attached hydrogen (secondary N) is 2. The SMILES string of the molecule is CC(C)(C)NC(=O)CCC(=O)NCc1ccc(F)cc1. The Bertz CT molecular complexity index is 464. The first-order valence-electron chi connectivity index (χ1n) is 6.58. The minimum atomic E-state index is -0.307. The molecule has 0 unspecified atom stereocenters. The molecule has 1 aromatic carbocycles. The molecular weight excluding hydrogens is 259 g/mol. The van der Waals surface area contributed by atoms with Gasteiger partial charge in [-0.25, -0.2) is 4.39 Å². The molecule has 20 heavy (non-hydrogen) atoms. The smallest absolute Gasteiger partial charge is 0.220 e. The zero-order valence-corrected chi connectivity index (χ0v) is 12.1. The summed E-state index contributed by atoms with van der Waals surface area (Å²) in [5.41, 5.74) is 0.528. The van der Waals surface area contributed by atoms with E-state index in [-0.39, 0.29) is 36.0 Å². The van der Waals surface area contributed by atoms with E-state index in [9.17, 15) is 14.0 Å². The van der Waals surface area contributed by atoms with Crippen LogP contribution in [0.2, 0.25) is 0 Å². The molecule has 5 heteroatoms. The van der Waals surface area contributed by atoms with E-state index in [1.54, 1.807) is 12.1 Å². The highest BCUT2D eigenvalue weighted by Crippen LogP contribution is 2.03. The van der Waals surface area contributed by atoms with Crippen LogP contribution in [0.1, 0.15) is 39.2 Å². The van der Waals surface area contributed by atoms with Crippen molar-refractivity contribution in [2.24, 2.45) is 0 Å². The topological polar surface area (TPSA) is 58.2 Å². The highest BCUT2D eigenvalue weighted by atomic mass is 19.1. The van der Waals surface area contributed by atoms with E-state index in [1.165, 1.54) is 12.1 Å². The second kappa shape index (κ2) is 7.03. The van der Waals surface area contributed by atoms with E-state index in [0.717, 1.165) is 5.56 Å². The molecule has 0 heterocycles. The van der Waals surface area contributed by atoms with Gasteiger partial charge in [-0.1, -0.05) is 12.1 Å². The summed E-state index contributed by atoms with van der Waals surface area (Å²) < 4.78 is 12.7. The lowest BCUT2D eigenvalue weighted by Gasteiger charge is -2.20. The second-order valence-electron chi connectivity index (χ2n) is 5.70. The minimum Gasteiger partial charge on any atom is -0.352 e. The Morgan fingerprint density at radius 2 is 1.60 bits per heavy atom. The molecule has 0 spiro atoms. The van der Waals surface area contributed by atoms with Crippen molar-refractivity contribution in [1.29, 1.82) is 0 Å². The molecular formula is C15H21FN2O2. The molecule has 2 N–H and O–H groups in total. The summed E-state index contributed by atoms with van der Waals surface area (Å²) in [6.45, 7) is 6.00. The third-order valence-corrected chi connectivity index (χ3v) is 2.50. The quantitative estimate of drug-likeness (QED) is 0.868. The molecule has 4 nitrogen and oxygen atoms in total. The van der Waals surface area contributed by atoms with Gasteiger partial charge in [0.25, 0.3) is 0 Å². The van der Waals surface area contributed by atoms with Crippen molar-refractivity contribution in [3.8, 4) is 0 Å². The molecule has 2 amide bonds. The Morgan fingerprint density at radius 3 is 2.15 bits per heavy atom. The Balaban J connectivity index is 2.27. The fraction of sp³-hybridized carbons (Fsp3) is 0.467. The van der Waals surface area contributed by atoms with E-state index in [1.807, 2.05) is 20.8 Å². The van der Waals surface area contributed by atoms with Crippen molar-refractivity contribution in [1.82, 2.24) is 10.6 Å². The first-order chi connectivity index (χ1) is 9.26. The van der Waals surface area contributed by atoms with Gasteiger partial charge in [0.2, 0.25) is 11.8 Å². The van der Waals surface area contributed by atoms with Crippen molar-refractivity contribution >= 4 is 11.8 Å². The van der Waals surface area contributed by atoms with Gasteiger partial charge in [-0.05, 0) is 38.5 Å². The molecule has 1 rings (SSSR count). The number of halogens is 1. The monoisotopic (exact) mass is 280 g/mol. The lowest BCUT2D eigenvalue weighted by Crippen LogP contribution is -2.41. The maximum Gasteiger partial charge on any atom is 0.220 e. The summed E-state index contributed by atoms with van der Waals surface area (Å²) in [5, 5.41) is 5.49. The predicted molar refractivity (Wildman–Crippen MR) is 75.4 cm³/mol. The van der Waals surface area contributed by atoms with Gasteiger partial charge < -0.3 is 10.6 Å². The summed E-state index contributed by atoms with van der Waals surface area (Å²) in [6, 6.07) is 5.92. The molecule has 0 fully saturated rings. The van der Waals surface area contributed by atoms with E-state index in [4.69, 9.17) is 0 Å². The molecule has 0 aliphatic carbocycles. The summed E-state index contributed by atoms with van der Waals surface area (Å²) in [7, 11) is 0. The second-order valence-corrected chi connectivity index (χ2v) is 5.70. The number of benzene rings is 1. The number of carbonyl (C=O) groups is 2. The Labute approximate surface area is 118 Å². The van der Waals surface area contributed by atoms with Crippen LogP contribution in [0.4, 0.5) is 4.39 Å². The van der Waals surface area contributed by atoms with E-state index in [2.05, 4.69) is 10.6 Å². The van der Waals surface area contributed by atoms with Crippen molar-refractivity contribution in [2.45, 2.75) is 45.7 Å². The molecule has 110 valence electrons. The molecule has 1 aromatic rings. The van der Waals surface area contributed by atoms with Crippen LogP contribution in [0.3, 0.4) is 0 Å². The number of hydrogen-bond donors (Lipinski definition) is 2. The van der Waals surface area contributed by atoms with Gasteiger partial charge in [0.05, 0.1) is 0 Å². The van der Waals surface area contributed by atoms with Crippen LogP contribution < -0.4 is 10.6 Å². The van der Waals surface area contributed by atoms with Gasteiger partial charge in [-0.2, -0.15) is 0 Å². The largest absolute Gasteiger partial charge is 0.352 e. The zero-order chi connectivity index (χ0) is 15.2. The fourth-order valence-electron chi connectivity index (χ4n) is 1.60. The van der Waals surface area contributed by atoms with Crippen molar-refractivity contribution in [3.63, 3.8) is 0 Å². The van der Waals surface area contributed by atoms with Crippen LogP contribution in [-0.2, 0) is 16.1 Å². The van der Waals surface area contributed by atoms with Gasteiger partial charge in [-0.15, -0.1) is 0 Å². The third-order valence-electron chi connectivity index (χ3n) is 2.50. The minimum absolute atomic E-state index is 0.142. The van der Waals surface area contributed by atoms with E-state index in [0.29, 0.717) is 6.54 Å². The lowest BCUT2D eigenvalue weighted by molar-refractivity contribution is -0.127. The van der Waals surface area contributed by atoms with Crippen LogP contribution >= 0.6 is 0 Å². The Morgan fingerprint density at radius 1 is 1.05 bits per heavy atom. The Hall–Kier alpha value is -1.91. The normalized spacial score (nSPS) is 11.0. The molecule has 0 bridgehead atoms. The molecule has 0 atom stereocenters. The standard InChI is InChI=1S/C15H21FN2O2/c1-15(2,3)18-14(20)9-8-13(19)17-10-11-4-6-12(16)7-5-11/h4-7H,8-10H2,1-3H3,(H,17,19)(H,18,20). The van der Waals surface area contributed by atoms with Gasteiger partial charge in [0.1, 0.15) is 5.82 Å². The number of rotatable bonds is 5. The molecule has 0 radical (unpaired) electrons. The average Bonchev–Trinajstić information content (AvgIpc) is 2.33. The first-order valence-corrected chi connectivity index (χ1v) is 6.58. The van der Waals surface area contributed by atoms with Gasteiger partial charge in [-0.3, -0.25) is 9.59 Å².